The van der Waals surface area contributed by atoms with Crippen LogP contribution in [0.4, 0.5) is 0 Å². The molecule has 0 saturated heterocycles. The smallest absolute Gasteiger partial charge is 0.0733 e. The average Bonchev–Trinajstić information content (AvgIpc) is 2.65. The van der Waals surface area contributed by atoms with Gasteiger partial charge in [0.2, 0.25) is 0 Å². The molecular formula is C15H16Cl2S. The first-order valence-corrected chi connectivity index (χ1v) is 7.62. The van der Waals surface area contributed by atoms with Gasteiger partial charge in [-0.2, -0.15) is 0 Å². The first-order chi connectivity index (χ1) is 8.49. The molecule has 1 aromatic carbocycles. The summed E-state index contributed by atoms with van der Waals surface area (Å²) in [6.07, 6.45) is 0.828. The number of hydrogen-bond acceptors (Lipinski definition) is 1. The summed E-state index contributed by atoms with van der Waals surface area (Å²) < 4.78 is 0. The monoisotopic (exact) mass is 298 g/mol. The third-order valence-corrected chi connectivity index (χ3v) is 5.44. The van der Waals surface area contributed by atoms with Crippen molar-refractivity contribution in [1.29, 1.82) is 0 Å². The molecule has 0 bridgehead atoms. The molecular weight excluding hydrogens is 283 g/mol. The highest BCUT2D eigenvalue weighted by Gasteiger charge is 2.17. The Hall–Kier alpha value is -0.500. The van der Waals surface area contributed by atoms with E-state index in [4.69, 9.17) is 23.2 Å². The van der Waals surface area contributed by atoms with Crippen LogP contribution in [0.5, 0.6) is 0 Å². The maximum absolute atomic E-state index is 6.51. The van der Waals surface area contributed by atoms with Crippen LogP contribution in [0, 0.1) is 20.8 Å². The molecule has 0 radical (unpaired) electrons. The van der Waals surface area contributed by atoms with E-state index in [0.717, 1.165) is 21.9 Å². The summed E-state index contributed by atoms with van der Waals surface area (Å²) in [5.41, 5.74) is 4.98. The summed E-state index contributed by atoms with van der Waals surface area (Å²) >= 11 is 14.4. The molecule has 0 nitrogen and oxygen atoms in total. The summed E-state index contributed by atoms with van der Waals surface area (Å²) in [6.45, 7) is 6.25. The lowest BCUT2D eigenvalue weighted by molar-refractivity contribution is 0.927. The fourth-order valence-corrected chi connectivity index (χ4v) is 3.75. The summed E-state index contributed by atoms with van der Waals surface area (Å²) in [5, 5.41) is 2.85. The van der Waals surface area contributed by atoms with Crippen molar-refractivity contribution in [2.75, 3.05) is 0 Å². The van der Waals surface area contributed by atoms with Crippen LogP contribution < -0.4 is 0 Å². The Morgan fingerprint density at radius 2 is 1.89 bits per heavy atom. The Morgan fingerprint density at radius 1 is 1.17 bits per heavy atom. The maximum atomic E-state index is 6.51. The lowest BCUT2D eigenvalue weighted by Crippen LogP contribution is -1.97. The second kappa shape index (κ2) is 5.64. The molecule has 0 amide bonds. The normalized spacial score (nSPS) is 12.7. The molecule has 1 atom stereocenters. The quantitative estimate of drug-likeness (QED) is 0.624. The van der Waals surface area contributed by atoms with Gasteiger partial charge in [0, 0.05) is 4.88 Å². The Labute approximate surface area is 123 Å². The van der Waals surface area contributed by atoms with E-state index in [9.17, 15) is 0 Å². The van der Waals surface area contributed by atoms with Gasteiger partial charge in [-0.1, -0.05) is 35.4 Å². The van der Waals surface area contributed by atoms with Gasteiger partial charge < -0.3 is 0 Å². The van der Waals surface area contributed by atoms with Crippen LogP contribution >= 0.6 is 34.5 Å². The lowest BCUT2D eigenvalue weighted by atomic mass is 10.0. The van der Waals surface area contributed by atoms with Crippen LogP contribution in [-0.4, -0.2) is 0 Å². The zero-order chi connectivity index (χ0) is 13.3. The van der Waals surface area contributed by atoms with Crippen LogP contribution in [-0.2, 0) is 6.42 Å². The topological polar surface area (TPSA) is 0 Å². The van der Waals surface area contributed by atoms with Crippen LogP contribution in [0.15, 0.2) is 23.6 Å². The van der Waals surface area contributed by atoms with Gasteiger partial charge in [-0.15, -0.1) is 22.9 Å². The molecule has 2 rings (SSSR count). The van der Waals surface area contributed by atoms with Gasteiger partial charge in [-0.25, -0.2) is 0 Å². The Balaban J connectivity index is 2.23. The minimum atomic E-state index is -0.0447. The van der Waals surface area contributed by atoms with E-state index in [1.807, 2.05) is 6.92 Å². The highest BCUT2D eigenvalue weighted by molar-refractivity contribution is 7.11. The highest BCUT2D eigenvalue weighted by Crippen LogP contribution is 2.37. The second-order valence-electron chi connectivity index (χ2n) is 4.70. The van der Waals surface area contributed by atoms with E-state index in [0.29, 0.717) is 0 Å². The Kier molecular flexibility index (Phi) is 4.37. The number of benzene rings is 1. The third kappa shape index (κ3) is 2.90. The first kappa shape index (κ1) is 13.9. The van der Waals surface area contributed by atoms with E-state index in [2.05, 4.69) is 37.4 Å². The van der Waals surface area contributed by atoms with E-state index >= 15 is 0 Å². The van der Waals surface area contributed by atoms with Crippen molar-refractivity contribution < 1.29 is 0 Å². The van der Waals surface area contributed by atoms with Gasteiger partial charge in [0.25, 0.3) is 0 Å². The van der Waals surface area contributed by atoms with E-state index in [1.54, 1.807) is 11.3 Å². The average molecular weight is 299 g/mol. The van der Waals surface area contributed by atoms with Crippen LogP contribution in [0.2, 0.25) is 5.02 Å². The molecule has 0 fully saturated rings. The fraction of sp³-hybridized carbons (Fsp3) is 0.333. The fourth-order valence-electron chi connectivity index (χ4n) is 1.97. The van der Waals surface area contributed by atoms with Gasteiger partial charge in [0.15, 0.2) is 0 Å². The number of thiophene rings is 1. The van der Waals surface area contributed by atoms with Gasteiger partial charge in [-0.05, 0) is 49.3 Å². The summed E-state index contributed by atoms with van der Waals surface area (Å²) in [5.74, 6) is 0. The summed E-state index contributed by atoms with van der Waals surface area (Å²) in [6, 6.07) is 6.49. The largest absolute Gasteiger partial charge is 0.145 e. The lowest BCUT2D eigenvalue weighted by Gasteiger charge is -2.12. The predicted octanol–water partition coefficient (Wildman–Crippen LogP) is 5.85. The molecule has 0 aliphatic heterocycles. The minimum absolute atomic E-state index is 0.0447. The Morgan fingerprint density at radius 3 is 2.50 bits per heavy atom. The zero-order valence-electron chi connectivity index (χ0n) is 10.8. The summed E-state index contributed by atoms with van der Waals surface area (Å²) in [4.78, 5) is 1.08. The number of aryl methyl sites for hydroxylation is 3. The molecule has 1 heterocycles. The second-order valence-corrected chi connectivity index (χ2v) is 6.51. The Bertz CT molecular complexity index is 558. The van der Waals surface area contributed by atoms with Gasteiger partial charge in [-0.3, -0.25) is 0 Å². The maximum Gasteiger partial charge on any atom is 0.0733 e. The third-order valence-electron chi connectivity index (χ3n) is 3.11. The van der Waals surface area contributed by atoms with E-state index in [1.165, 1.54) is 16.7 Å². The molecule has 1 aromatic heterocycles. The summed E-state index contributed by atoms with van der Waals surface area (Å²) in [7, 11) is 0. The number of hydrogen-bond donors (Lipinski definition) is 0. The van der Waals surface area contributed by atoms with E-state index in [-0.39, 0.29) is 5.38 Å². The van der Waals surface area contributed by atoms with Gasteiger partial charge >= 0.3 is 0 Å². The van der Waals surface area contributed by atoms with E-state index < -0.39 is 0 Å². The van der Waals surface area contributed by atoms with Crippen LogP contribution in [0.1, 0.15) is 32.5 Å². The first-order valence-electron chi connectivity index (χ1n) is 5.92. The van der Waals surface area contributed by atoms with Crippen molar-refractivity contribution in [3.8, 4) is 0 Å². The molecule has 2 aromatic rings. The van der Waals surface area contributed by atoms with Crippen molar-refractivity contribution in [1.82, 2.24) is 0 Å². The molecule has 3 heteroatoms. The SMILES string of the molecule is Cc1ccc(C)c(CC(Cl)c2scc(C)c2Cl)c1. The molecule has 0 N–H and O–H groups in total. The number of alkyl halides is 1. The predicted molar refractivity (Wildman–Crippen MR) is 82.3 cm³/mol. The van der Waals surface area contributed by atoms with Crippen LogP contribution in [0.25, 0.3) is 0 Å². The number of rotatable bonds is 3. The molecule has 18 heavy (non-hydrogen) atoms. The van der Waals surface area contributed by atoms with Crippen molar-refractivity contribution in [3.63, 3.8) is 0 Å². The van der Waals surface area contributed by atoms with Crippen LogP contribution in [0.3, 0.4) is 0 Å². The molecule has 0 spiro atoms. The van der Waals surface area contributed by atoms with Gasteiger partial charge in [0.1, 0.15) is 0 Å². The molecule has 0 saturated carbocycles. The van der Waals surface area contributed by atoms with Gasteiger partial charge in [0.05, 0.1) is 10.4 Å². The standard InChI is InChI=1S/C15H16Cl2S/c1-9-4-5-10(2)12(6-9)7-13(16)15-14(17)11(3)8-18-15/h4-6,8,13H,7H2,1-3H3. The van der Waals surface area contributed by atoms with Crippen molar-refractivity contribution in [2.45, 2.75) is 32.6 Å². The molecule has 0 aliphatic rings. The zero-order valence-corrected chi connectivity index (χ0v) is 13.1. The molecule has 1 unspecified atom stereocenters. The van der Waals surface area contributed by atoms with Crippen molar-refractivity contribution in [3.05, 3.63) is 55.7 Å². The van der Waals surface area contributed by atoms with Crippen molar-refractivity contribution in [2.24, 2.45) is 0 Å². The number of halogens is 2. The molecule has 0 aliphatic carbocycles. The molecule has 96 valence electrons. The minimum Gasteiger partial charge on any atom is -0.145 e. The van der Waals surface area contributed by atoms with Crippen molar-refractivity contribution >= 4 is 34.5 Å². The highest BCUT2D eigenvalue weighted by atomic mass is 35.5.